The average Bonchev–Trinajstić information content (AvgIpc) is 3.05. The molecule has 3 aromatic rings. The zero-order valence-electron chi connectivity index (χ0n) is 17.1. The monoisotopic (exact) mass is 488 g/mol. The average molecular weight is 489 g/mol. The van der Waals surface area contributed by atoms with Crippen molar-refractivity contribution < 1.29 is 14.6 Å². The summed E-state index contributed by atoms with van der Waals surface area (Å²) in [5.41, 5.74) is 1.81. The summed E-state index contributed by atoms with van der Waals surface area (Å²) in [5, 5.41) is 10.2. The molecule has 1 aliphatic rings. The first-order chi connectivity index (χ1) is 15.3. The van der Waals surface area contributed by atoms with Crippen molar-refractivity contribution in [3.05, 3.63) is 94.6 Å². The molecule has 0 aliphatic carbocycles. The van der Waals surface area contributed by atoms with Gasteiger partial charge in [0, 0.05) is 0 Å². The Bertz CT molecular complexity index is 1420. The van der Waals surface area contributed by atoms with Crippen LogP contribution in [0.5, 0.6) is 5.75 Å². The first-order valence-corrected chi connectivity index (χ1v) is 11.3. The first kappa shape index (κ1) is 22.3. The number of phenolic OH excluding ortho intramolecular Hbond substituents is 1. The number of allylic oxidation sites excluding steroid dienone is 1. The fraction of sp³-hybridized carbons (Fsp3) is 0.174. The second-order valence-electron chi connectivity index (χ2n) is 7.07. The molecular weight excluding hydrogens is 471 g/mol. The van der Waals surface area contributed by atoms with Gasteiger partial charge in [-0.05, 0) is 55.3 Å². The highest BCUT2D eigenvalue weighted by molar-refractivity contribution is 7.07. The number of esters is 1. The van der Waals surface area contributed by atoms with Crippen LogP contribution >= 0.6 is 34.5 Å². The highest BCUT2D eigenvalue weighted by atomic mass is 35.5. The number of aromatic hydroxyl groups is 1. The van der Waals surface area contributed by atoms with Crippen molar-refractivity contribution in [3.63, 3.8) is 0 Å². The Kier molecular flexibility index (Phi) is 6.24. The number of benzene rings is 2. The fourth-order valence-corrected chi connectivity index (χ4v) is 4.86. The minimum absolute atomic E-state index is 0.137. The van der Waals surface area contributed by atoms with Gasteiger partial charge in [-0.2, -0.15) is 0 Å². The highest BCUT2D eigenvalue weighted by Gasteiger charge is 2.33. The number of aromatic nitrogens is 1. The van der Waals surface area contributed by atoms with E-state index < -0.39 is 12.0 Å². The van der Waals surface area contributed by atoms with Gasteiger partial charge in [0.15, 0.2) is 4.80 Å². The van der Waals surface area contributed by atoms with E-state index in [1.54, 1.807) is 62.4 Å². The zero-order valence-corrected chi connectivity index (χ0v) is 19.5. The van der Waals surface area contributed by atoms with Crippen molar-refractivity contribution in [2.24, 2.45) is 4.99 Å². The number of fused-ring (bicyclic) bond motifs is 1. The molecule has 1 N–H and O–H groups in total. The lowest BCUT2D eigenvalue weighted by Gasteiger charge is -2.25. The van der Waals surface area contributed by atoms with Crippen LogP contribution in [0.2, 0.25) is 10.0 Å². The zero-order chi connectivity index (χ0) is 23.0. The summed E-state index contributed by atoms with van der Waals surface area (Å²) < 4.78 is 7.19. The minimum Gasteiger partial charge on any atom is -0.508 e. The van der Waals surface area contributed by atoms with E-state index in [0.29, 0.717) is 30.6 Å². The number of hydrogen-bond acceptors (Lipinski definition) is 6. The summed E-state index contributed by atoms with van der Waals surface area (Å²) in [6, 6.07) is 10.7. The summed E-state index contributed by atoms with van der Waals surface area (Å²) in [6.07, 6.45) is 1.72. The fourth-order valence-electron chi connectivity index (χ4n) is 3.51. The molecule has 0 saturated carbocycles. The van der Waals surface area contributed by atoms with Crippen molar-refractivity contribution in [3.8, 4) is 5.75 Å². The molecule has 32 heavy (non-hydrogen) atoms. The molecule has 9 heteroatoms. The normalized spacial score (nSPS) is 16.0. The number of phenols is 1. The first-order valence-electron chi connectivity index (χ1n) is 9.73. The van der Waals surface area contributed by atoms with Gasteiger partial charge in [0.1, 0.15) is 5.75 Å². The molecule has 1 atom stereocenters. The van der Waals surface area contributed by atoms with Crippen LogP contribution in [0.4, 0.5) is 0 Å². The molecule has 0 radical (unpaired) electrons. The summed E-state index contributed by atoms with van der Waals surface area (Å²) in [7, 11) is 0. The summed E-state index contributed by atoms with van der Waals surface area (Å²) in [6.45, 7) is 3.62. The van der Waals surface area contributed by atoms with Crippen LogP contribution < -0.4 is 14.9 Å². The Hall–Kier alpha value is -2.87. The van der Waals surface area contributed by atoms with Crippen molar-refractivity contribution in [2.45, 2.75) is 19.9 Å². The number of ether oxygens (including phenoxy) is 1. The van der Waals surface area contributed by atoms with E-state index in [4.69, 9.17) is 27.9 Å². The number of thiazole rings is 1. The third-order valence-electron chi connectivity index (χ3n) is 4.97. The van der Waals surface area contributed by atoms with Gasteiger partial charge in [0.2, 0.25) is 0 Å². The lowest BCUT2D eigenvalue weighted by atomic mass is 9.96. The van der Waals surface area contributed by atoms with Gasteiger partial charge in [0.05, 0.1) is 38.5 Å². The maximum Gasteiger partial charge on any atom is 0.338 e. The van der Waals surface area contributed by atoms with Crippen molar-refractivity contribution in [2.75, 3.05) is 6.61 Å². The van der Waals surface area contributed by atoms with Crippen LogP contribution in [0.3, 0.4) is 0 Å². The Balaban J connectivity index is 1.97. The number of carbonyl (C=O) groups is 1. The molecule has 0 spiro atoms. The second kappa shape index (κ2) is 8.94. The van der Waals surface area contributed by atoms with E-state index >= 15 is 0 Å². The molecule has 2 heterocycles. The maximum atomic E-state index is 13.5. The smallest absolute Gasteiger partial charge is 0.338 e. The van der Waals surface area contributed by atoms with E-state index in [2.05, 4.69) is 4.99 Å². The number of nitrogens with zero attached hydrogens (tertiary/aromatic N) is 2. The molecule has 4 rings (SSSR count). The van der Waals surface area contributed by atoms with Crippen LogP contribution in [0, 0.1) is 0 Å². The Morgan fingerprint density at radius 1 is 1.22 bits per heavy atom. The van der Waals surface area contributed by atoms with Crippen LogP contribution in [0.1, 0.15) is 31.0 Å². The van der Waals surface area contributed by atoms with E-state index in [-0.39, 0.29) is 23.5 Å². The van der Waals surface area contributed by atoms with Gasteiger partial charge < -0.3 is 9.84 Å². The lowest BCUT2D eigenvalue weighted by Crippen LogP contribution is -2.39. The largest absolute Gasteiger partial charge is 0.508 e. The third kappa shape index (κ3) is 4.11. The molecule has 0 fully saturated rings. The van der Waals surface area contributed by atoms with Gasteiger partial charge in [-0.25, -0.2) is 9.79 Å². The van der Waals surface area contributed by atoms with E-state index in [9.17, 15) is 14.7 Å². The number of rotatable bonds is 4. The Labute approximate surface area is 197 Å². The Morgan fingerprint density at radius 2 is 1.94 bits per heavy atom. The SMILES string of the molecule is CCOC(=O)C1=C(C)N=c2s/c(=C\c3ccc(O)cc3)c(=O)n2C1c1ccc(Cl)c(Cl)c1. The van der Waals surface area contributed by atoms with E-state index in [1.165, 1.54) is 15.9 Å². The van der Waals surface area contributed by atoms with Crippen LogP contribution in [-0.4, -0.2) is 22.2 Å². The molecule has 1 aromatic heterocycles. The number of halogens is 2. The minimum atomic E-state index is -0.762. The predicted molar refractivity (Wildman–Crippen MR) is 125 cm³/mol. The quantitative estimate of drug-likeness (QED) is 0.566. The summed E-state index contributed by atoms with van der Waals surface area (Å²) in [5.74, 6) is -0.407. The molecule has 6 nitrogen and oxygen atoms in total. The molecule has 164 valence electrons. The second-order valence-corrected chi connectivity index (χ2v) is 8.89. The number of carbonyl (C=O) groups excluding carboxylic acids is 1. The van der Waals surface area contributed by atoms with Crippen molar-refractivity contribution in [1.82, 2.24) is 4.57 Å². The predicted octanol–water partition coefficient (Wildman–Crippen LogP) is 3.81. The number of hydrogen-bond donors (Lipinski definition) is 1. The highest BCUT2D eigenvalue weighted by Crippen LogP contribution is 2.34. The van der Waals surface area contributed by atoms with Gasteiger partial charge in [0.25, 0.3) is 5.56 Å². The van der Waals surface area contributed by atoms with Crippen LogP contribution in [0.25, 0.3) is 6.08 Å². The summed E-state index contributed by atoms with van der Waals surface area (Å²) >= 11 is 13.6. The van der Waals surface area contributed by atoms with Gasteiger partial charge in [-0.15, -0.1) is 0 Å². The van der Waals surface area contributed by atoms with Gasteiger partial charge >= 0.3 is 5.97 Å². The standard InChI is InChI=1S/C23H18Cl2N2O4S/c1-3-31-22(30)19-12(2)26-23-27(20(19)14-6-9-16(24)17(25)11-14)21(29)18(32-23)10-13-4-7-15(28)8-5-13/h4-11,20,28H,3H2,1-2H3/b18-10-. The van der Waals surface area contributed by atoms with E-state index in [1.807, 2.05) is 0 Å². The van der Waals surface area contributed by atoms with Gasteiger partial charge in [-0.1, -0.05) is 52.7 Å². The van der Waals surface area contributed by atoms with Crippen LogP contribution in [0.15, 0.2) is 63.5 Å². The molecule has 0 amide bonds. The maximum absolute atomic E-state index is 13.5. The topological polar surface area (TPSA) is 80.9 Å². The molecule has 0 bridgehead atoms. The summed E-state index contributed by atoms with van der Waals surface area (Å²) in [4.78, 5) is 31.3. The molecule has 1 aliphatic heterocycles. The molecule has 2 aromatic carbocycles. The molecular formula is C23H18Cl2N2O4S. The third-order valence-corrected chi connectivity index (χ3v) is 6.69. The molecule has 0 saturated heterocycles. The van der Waals surface area contributed by atoms with Gasteiger partial charge in [-0.3, -0.25) is 9.36 Å². The molecule has 1 unspecified atom stereocenters. The van der Waals surface area contributed by atoms with E-state index in [0.717, 1.165) is 5.56 Å². The lowest BCUT2D eigenvalue weighted by molar-refractivity contribution is -0.139. The Morgan fingerprint density at radius 3 is 2.59 bits per heavy atom. The van der Waals surface area contributed by atoms with Crippen molar-refractivity contribution in [1.29, 1.82) is 0 Å². The van der Waals surface area contributed by atoms with Crippen LogP contribution in [-0.2, 0) is 9.53 Å². The van der Waals surface area contributed by atoms with Crippen molar-refractivity contribution >= 4 is 46.6 Å².